The van der Waals surface area contributed by atoms with Gasteiger partial charge in [-0.2, -0.15) is 0 Å². The van der Waals surface area contributed by atoms with Crippen molar-refractivity contribution >= 4 is 27.4 Å². The lowest BCUT2D eigenvalue weighted by molar-refractivity contribution is 0.0331. The van der Waals surface area contributed by atoms with Crippen LogP contribution in [0.2, 0.25) is 0 Å². The van der Waals surface area contributed by atoms with Crippen LogP contribution in [0.25, 0.3) is 10.2 Å². The summed E-state index contributed by atoms with van der Waals surface area (Å²) in [5, 5.41) is 5.15. The Morgan fingerprint density at radius 3 is 2.63 bits per heavy atom. The van der Waals surface area contributed by atoms with E-state index in [2.05, 4.69) is 29.2 Å². The molecule has 2 aromatic heterocycles. The first-order valence-corrected chi connectivity index (χ1v) is 12.5. The maximum absolute atomic E-state index is 5.51. The number of nitrogens with zero attached hydrogens (tertiary/aromatic N) is 4. The largest absolute Gasteiger partial charge is 0.379 e. The lowest BCUT2D eigenvalue weighted by Crippen LogP contribution is -2.51. The van der Waals surface area contributed by atoms with Gasteiger partial charge in [-0.25, -0.2) is 9.97 Å². The molecule has 7 heteroatoms. The topological polar surface area (TPSA) is 53.5 Å². The van der Waals surface area contributed by atoms with Crippen LogP contribution in [0.1, 0.15) is 54.8 Å². The van der Waals surface area contributed by atoms with Crippen molar-refractivity contribution in [1.29, 1.82) is 0 Å². The highest BCUT2D eigenvalue weighted by Gasteiger charge is 2.34. The molecule has 1 saturated carbocycles. The van der Waals surface area contributed by atoms with Gasteiger partial charge in [-0.05, 0) is 51.8 Å². The minimum Gasteiger partial charge on any atom is -0.379 e. The number of fused-ring (bicyclic) bond motifs is 3. The van der Waals surface area contributed by atoms with E-state index in [-0.39, 0.29) is 5.54 Å². The van der Waals surface area contributed by atoms with E-state index in [1.807, 2.05) is 11.3 Å². The van der Waals surface area contributed by atoms with Crippen molar-refractivity contribution in [3.05, 3.63) is 16.3 Å². The van der Waals surface area contributed by atoms with Crippen molar-refractivity contribution in [2.75, 3.05) is 52.3 Å². The summed E-state index contributed by atoms with van der Waals surface area (Å²) >= 11 is 1.90. The van der Waals surface area contributed by atoms with Crippen molar-refractivity contribution in [3.8, 4) is 0 Å². The fourth-order valence-electron chi connectivity index (χ4n) is 5.44. The summed E-state index contributed by atoms with van der Waals surface area (Å²) in [5.74, 6) is 2.03. The smallest absolute Gasteiger partial charge is 0.146 e. The molecule has 0 atom stereocenters. The second-order valence-corrected chi connectivity index (χ2v) is 10.5. The summed E-state index contributed by atoms with van der Waals surface area (Å²) in [7, 11) is 4.49. The third kappa shape index (κ3) is 3.97. The number of aromatic nitrogens is 2. The van der Waals surface area contributed by atoms with Crippen LogP contribution in [0.15, 0.2) is 0 Å². The highest BCUT2D eigenvalue weighted by molar-refractivity contribution is 7.19. The van der Waals surface area contributed by atoms with Gasteiger partial charge in [0.25, 0.3) is 0 Å². The Bertz CT molecular complexity index is 883. The first kappa shape index (κ1) is 20.6. The minimum atomic E-state index is 0.235. The van der Waals surface area contributed by atoms with Crippen LogP contribution >= 0.6 is 11.3 Å². The zero-order valence-corrected chi connectivity index (χ0v) is 19.3. The molecule has 5 rings (SSSR count). The molecule has 1 aliphatic heterocycles. The fraction of sp³-hybridized carbons (Fsp3) is 0.739. The van der Waals surface area contributed by atoms with Crippen molar-refractivity contribution in [2.24, 2.45) is 0 Å². The van der Waals surface area contributed by atoms with E-state index in [1.165, 1.54) is 72.0 Å². The Balaban J connectivity index is 1.45. The predicted molar refractivity (Wildman–Crippen MR) is 124 cm³/mol. The zero-order chi connectivity index (χ0) is 20.6. The van der Waals surface area contributed by atoms with Crippen LogP contribution in [-0.2, 0) is 24.1 Å². The number of anilines is 1. The summed E-state index contributed by atoms with van der Waals surface area (Å²) in [5.41, 5.74) is 1.75. The van der Waals surface area contributed by atoms with Gasteiger partial charge >= 0.3 is 0 Å². The Morgan fingerprint density at radius 2 is 1.87 bits per heavy atom. The quantitative estimate of drug-likeness (QED) is 0.756. The molecular weight excluding hydrogens is 394 g/mol. The third-order valence-electron chi connectivity index (χ3n) is 7.40. The normalized spacial score (nSPS) is 22.0. The van der Waals surface area contributed by atoms with E-state index in [0.717, 1.165) is 51.0 Å². The van der Waals surface area contributed by atoms with Gasteiger partial charge in [-0.15, -0.1) is 11.3 Å². The number of thiophene rings is 1. The lowest BCUT2D eigenvalue weighted by Gasteiger charge is -2.43. The van der Waals surface area contributed by atoms with E-state index in [0.29, 0.717) is 0 Å². The van der Waals surface area contributed by atoms with Crippen LogP contribution in [0.3, 0.4) is 0 Å². The molecule has 1 N–H and O–H groups in total. The average molecular weight is 430 g/mol. The number of hydrogen-bond donors (Lipinski definition) is 1. The molecule has 6 nitrogen and oxygen atoms in total. The van der Waals surface area contributed by atoms with Gasteiger partial charge < -0.3 is 15.0 Å². The predicted octanol–water partition coefficient (Wildman–Crippen LogP) is 3.69. The van der Waals surface area contributed by atoms with Gasteiger partial charge in [0.2, 0.25) is 0 Å². The van der Waals surface area contributed by atoms with E-state index >= 15 is 0 Å². The molecule has 0 aromatic carbocycles. The van der Waals surface area contributed by atoms with Gasteiger partial charge in [0.05, 0.1) is 25.1 Å². The van der Waals surface area contributed by atoms with Crippen LogP contribution in [0, 0.1) is 0 Å². The highest BCUT2D eigenvalue weighted by atomic mass is 32.1. The summed E-state index contributed by atoms with van der Waals surface area (Å²) in [6, 6.07) is 0. The highest BCUT2D eigenvalue weighted by Crippen LogP contribution is 2.40. The molecule has 3 heterocycles. The first-order chi connectivity index (χ1) is 14.6. The summed E-state index contributed by atoms with van der Waals surface area (Å²) in [6.07, 6.45) is 10.2. The number of nitrogens with one attached hydrogen (secondary N) is 1. The number of rotatable bonds is 6. The monoisotopic (exact) mass is 429 g/mol. The molecule has 2 aromatic rings. The lowest BCUT2D eigenvalue weighted by atomic mass is 9.80. The van der Waals surface area contributed by atoms with E-state index < -0.39 is 0 Å². The van der Waals surface area contributed by atoms with Crippen molar-refractivity contribution in [2.45, 2.75) is 63.5 Å². The van der Waals surface area contributed by atoms with Gasteiger partial charge in [0.1, 0.15) is 16.5 Å². The number of hydrogen-bond acceptors (Lipinski definition) is 7. The van der Waals surface area contributed by atoms with Crippen molar-refractivity contribution in [3.63, 3.8) is 0 Å². The van der Waals surface area contributed by atoms with Gasteiger partial charge in [0.15, 0.2) is 0 Å². The maximum atomic E-state index is 5.51. The minimum absolute atomic E-state index is 0.235. The Hall–Kier alpha value is -1.28. The Morgan fingerprint density at radius 1 is 1.07 bits per heavy atom. The molecule has 164 valence electrons. The fourth-order valence-corrected chi connectivity index (χ4v) is 6.72. The van der Waals surface area contributed by atoms with E-state index in [9.17, 15) is 0 Å². The van der Waals surface area contributed by atoms with Gasteiger partial charge in [-0.1, -0.05) is 19.3 Å². The molecule has 2 aliphatic carbocycles. The molecular formula is C23H35N5OS. The van der Waals surface area contributed by atoms with Gasteiger partial charge in [0, 0.05) is 30.1 Å². The molecule has 30 heavy (non-hydrogen) atoms. The molecule has 0 spiro atoms. The molecule has 3 aliphatic rings. The van der Waals surface area contributed by atoms with Gasteiger partial charge in [-0.3, -0.25) is 4.90 Å². The van der Waals surface area contributed by atoms with Crippen LogP contribution < -0.4 is 5.32 Å². The molecule has 1 saturated heterocycles. The zero-order valence-electron chi connectivity index (χ0n) is 18.5. The standard InChI is InChI=1S/C23H35N5OS/c1-27(2)23(9-4-3-5-10-23)16-24-21-20-17-7-6-8-18(17)30-22(20)26-19(25-21)15-28-11-13-29-14-12-28/h3-16H2,1-2H3,(H,24,25,26). The summed E-state index contributed by atoms with van der Waals surface area (Å²) in [6.45, 7) is 5.34. The second-order valence-electron chi connectivity index (χ2n) is 9.45. The number of aryl methyl sites for hydroxylation is 2. The first-order valence-electron chi connectivity index (χ1n) is 11.7. The van der Waals surface area contributed by atoms with Crippen LogP contribution in [0.5, 0.6) is 0 Å². The Labute approximate surface area is 184 Å². The number of likely N-dealkylation sites (N-methyl/N-ethyl adjacent to an activating group) is 1. The van der Waals surface area contributed by atoms with E-state index in [4.69, 9.17) is 14.7 Å². The maximum Gasteiger partial charge on any atom is 0.146 e. The number of ether oxygens (including phenoxy) is 1. The SMILES string of the molecule is CN(C)C1(CNc2nc(CN3CCOCC3)nc3sc4c(c23)CCC4)CCCCC1. The third-order valence-corrected chi connectivity index (χ3v) is 8.58. The summed E-state index contributed by atoms with van der Waals surface area (Å²) < 4.78 is 5.51. The second kappa shape index (κ2) is 8.69. The van der Waals surface area contributed by atoms with Crippen molar-refractivity contribution < 1.29 is 4.74 Å². The molecule has 2 fully saturated rings. The van der Waals surface area contributed by atoms with Crippen molar-refractivity contribution in [1.82, 2.24) is 19.8 Å². The molecule has 0 bridgehead atoms. The van der Waals surface area contributed by atoms with Crippen LogP contribution in [0.4, 0.5) is 5.82 Å². The molecule has 0 radical (unpaired) electrons. The Kier molecular flexibility index (Phi) is 5.97. The molecule has 0 amide bonds. The molecule has 0 unspecified atom stereocenters. The van der Waals surface area contributed by atoms with Crippen LogP contribution in [-0.4, -0.2) is 72.3 Å². The number of morpholine rings is 1. The van der Waals surface area contributed by atoms with E-state index in [1.54, 1.807) is 0 Å². The summed E-state index contributed by atoms with van der Waals surface area (Å²) in [4.78, 5) is 17.7. The average Bonchev–Trinajstić information content (AvgIpc) is 3.34.